The third-order valence-corrected chi connectivity index (χ3v) is 3.14. The van der Waals surface area contributed by atoms with Crippen LogP contribution < -0.4 is 16.0 Å². The lowest BCUT2D eigenvalue weighted by atomic mass is 10.2. The zero-order valence-electron chi connectivity index (χ0n) is 13.7. The van der Waals surface area contributed by atoms with Crippen molar-refractivity contribution >= 4 is 29.3 Å². The fourth-order valence-electron chi connectivity index (χ4n) is 2.03. The number of urea groups is 1. The number of benzene rings is 2. The Morgan fingerprint density at radius 2 is 1.60 bits per heavy atom. The summed E-state index contributed by atoms with van der Waals surface area (Å²) in [5.41, 5.74) is 1.20. The third kappa shape index (κ3) is 5.65. The number of esters is 1. The largest absolute Gasteiger partial charge is 0.462 e. The van der Waals surface area contributed by atoms with E-state index in [1.165, 1.54) is 0 Å². The number of carbonyl (C=O) groups excluding carboxylic acids is 3. The van der Waals surface area contributed by atoms with Crippen molar-refractivity contribution in [2.24, 2.45) is 0 Å². The van der Waals surface area contributed by atoms with E-state index in [0.29, 0.717) is 11.4 Å². The van der Waals surface area contributed by atoms with Gasteiger partial charge in [0.25, 0.3) is 0 Å². The molecule has 0 atom stereocenters. The summed E-state index contributed by atoms with van der Waals surface area (Å²) in [6, 6.07) is 14.9. The van der Waals surface area contributed by atoms with E-state index in [1.54, 1.807) is 55.5 Å². The van der Waals surface area contributed by atoms with Crippen LogP contribution in [0.3, 0.4) is 0 Å². The predicted molar refractivity (Wildman–Crippen MR) is 94.5 cm³/mol. The Balaban J connectivity index is 1.88. The maximum absolute atomic E-state index is 12.0. The van der Waals surface area contributed by atoms with Gasteiger partial charge in [0, 0.05) is 5.69 Å². The van der Waals surface area contributed by atoms with Crippen LogP contribution in [-0.2, 0) is 9.53 Å². The van der Waals surface area contributed by atoms with Crippen molar-refractivity contribution in [3.8, 4) is 0 Å². The highest BCUT2D eigenvalue weighted by atomic mass is 16.5. The molecule has 2 aromatic rings. The number of carbonyl (C=O) groups is 3. The standard InChI is InChI=1S/C18H19N3O4/c1-2-25-17(23)14-10-6-7-11-15(14)21-16(22)12-19-18(24)20-13-8-4-3-5-9-13/h3-11H,2,12H2,1H3,(H,21,22)(H2,19,20,24). The number of anilines is 2. The fraction of sp³-hybridized carbons (Fsp3) is 0.167. The molecule has 0 saturated carbocycles. The van der Waals surface area contributed by atoms with Gasteiger partial charge in [-0.25, -0.2) is 9.59 Å². The molecule has 0 fully saturated rings. The van der Waals surface area contributed by atoms with Gasteiger partial charge in [-0.3, -0.25) is 4.79 Å². The average molecular weight is 341 g/mol. The molecule has 0 unspecified atom stereocenters. The molecule has 25 heavy (non-hydrogen) atoms. The lowest BCUT2D eigenvalue weighted by molar-refractivity contribution is -0.115. The highest BCUT2D eigenvalue weighted by molar-refractivity contribution is 6.02. The van der Waals surface area contributed by atoms with E-state index in [1.807, 2.05) is 6.07 Å². The molecule has 0 aromatic heterocycles. The second-order valence-corrected chi connectivity index (χ2v) is 4.99. The summed E-state index contributed by atoms with van der Waals surface area (Å²) in [6.07, 6.45) is 0. The molecule has 7 nitrogen and oxygen atoms in total. The first kappa shape index (κ1) is 18.0. The topological polar surface area (TPSA) is 96.5 Å². The molecule has 130 valence electrons. The lowest BCUT2D eigenvalue weighted by Crippen LogP contribution is -2.36. The Morgan fingerprint density at radius 3 is 2.32 bits per heavy atom. The van der Waals surface area contributed by atoms with E-state index in [9.17, 15) is 14.4 Å². The minimum atomic E-state index is -0.520. The van der Waals surface area contributed by atoms with Gasteiger partial charge in [0.2, 0.25) is 5.91 Å². The number of hydrogen-bond donors (Lipinski definition) is 3. The van der Waals surface area contributed by atoms with Crippen LogP contribution in [0, 0.1) is 0 Å². The number of amides is 3. The summed E-state index contributed by atoms with van der Waals surface area (Å²) < 4.78 is 4.94. The maximum Gasteiger partial charge on any atom is 0.340 e. The second-order valence-electron chi connectivity index (χ2n) is 4.99. The molecule has 0 bridgehead atoms. The highest BCUT2D eigenvalue weighted by Gasteiger charge is 2.14. The van der Waals surface area contributed by atoms with Crippen LogP contribution in [-0.4, -0.2) is 31.1 Å². The maximum atomic E-state index is 12.0. The Kier molecular flexibility index (Phi) is 6.53. The summed E-state index contributed by atoms with van der Waals surface area (Å²) in [5.74, 6) is -0.979. The van der Waals surface area contributed by atoms with Crippen molar-refractivity contribution < 1.29 is 19.1 Å². The highest BCUT2D eigenvalue weighted by Crippen LogP contribution is 2.16. The number of hydrogen-bond acceptors (Lipinski definition) is 4. The minimum Gasteiger partial charge on any atom is -0.462 e. The molecule has 3 amide bonds. The molecule has 2 aromatic carbocycles. The van der Waals surface area contributed by atoms with Gasteiger partial charge in [-0.2, -0.15) is 0 Å². The Bertz CT molecular complexity index is 747. The van der Waals surface area contributed by atoms with Crippen molar-refractivity contribution in [2.75, 3.05) is 23.8 Å². The smallest absolute Gasteiger partial charge is 0.340 e. The van der Waals surface area contributed by atoms with Gasteiger partial charge in [0.1, 0.15) is 0 Å². The molecule has 0 aliphatic heterocycles. The normalized spacial score (nSPS) is 9.80. The van der Waals surface area contributed by atoms with E-state index < -0.39 is 17.9 Å². The summed E-state index contributed by atoms with van der Waals surface area (Å²) in [6.45, 7) is 1.70. The Hall–Kier alpha value is -3.35. The van der Waals surface area contributed by atoms with Gasteiger partial charge in [-0.15, -0.1) is 0 Å². The molecule has 0 aliphatic rings. The van der Waals surface area contributed by atoms with E-state index in [-0.39, 0.29) is 18.7 Å². The first-order valence-corrected chi connectivity index (χ1v) is 7.76. The first-order valence-electron chi connectivity index (χ1n) is 7.76. The van der Waals surface area contributed by atoms with Crippen molar-refractivity contribution in [1.29, 1.82) is 0 Å². The molecule has 0 saturated heterocycles. The third-order valence-electron chi connectivity index (χ3n) is 3.14. The molecule has 0 spiro atoms. The quantitative estimate of drug-likeness (QED) is 0.704. The van der Waals surface area contributed by atoms with Crippen LogP contribution >= 0.6 is 0 Å². The average Bonchev–Trinajstić information content (AvgIpc) is 2.61. The van der Waals surface area contributed by atoms with Crippen LogP contribution in [0.25, 0.3) is 0 Å². The summed E-state index contributed by atoms with van der Waals surface area (Å²) in [7, 11) is 0. The zero-order chi connectivity index (χ0) is 18.1. The first-order chi connectivity index (χ1) is 12.1. The lowest BCUT2D eigenvalue weighted by Gasteiger charge is -2.11. The molecule has 0 radical (unpaired) electrons. The van der Waals surface area contributed by atoms with Crippen LogP contribution in [0.1, 0.15) is 17.3 Å². The number of para-hydroxylation sites is 2. The van der Waals surface area contributed by atoms with Gasteiger partial charge >= 0.3 is 12.0 Å². The van der Waals surface area contributed by atoms with Crippen LogP contribution in [0.4, 0.5) is 16.2 Å². The molecular weight excluding hydrogens is 322 g/mol. The molecule has 0 aliphatic carbocycles. The summed E-state index contributed by atoms with van der Waals surface area (Å²) >= 11 is 0. The Labute approximate surface area is 145 Å². The van der Waals surface area contributed by atoms with Crippen molar-refractivity contribution in [3.63, 3.8) is 0 Å². The number of nitrogens with one attached hydrogen (secondary N) is 3. The monoisotopic (exact) mass is 341 g/mol. The van der Waals surface area contributed by atoms with E-state index in [0.717, 1.165) is 0 Å². The van der Waals surface area contributed by atoms with Crippen LogP contribution in [0.5, 0.6) is 0 Å². The molecule has 2 rings (SSSR count). The van der Waals surface area contributed by atoms with Crippen LogP contribution in [0.15, 0.2) is 54.6 Å². The van der Waals surface area contributed by atoms with Crippen molar-refractivity contribution in [2.45, 2.75) is 6.92 Å². The van der Waals surface area contributed by atoms with Gasteiger partial charge in [0.15, 0.2) is 0 Å². The van der Waals surface area contributed by atoms with Crippen LogP contribution in [0.2, 0.25) is 0 Å². The van der Waals surface area contributed by atoms with Gasteiger partial charge in [0.05, 0.1) is 24.4 Å². The van der Waals surface area contributed by atoms with E-state index in [2.05, 4.69) is 16.0 Å². The van der Waals surface area contributed by atoms with Gasteiger partial charge in [-0.05, 0) is 31.2 Å². The number of ether oxygens (including phenoxy) is 1. The Morgan fingerprint density at radius 1 is 0.920 bits per heavy atom. The van der Waals surface area contributed by atoms with Gasteiger partial charge in [-0.1, -0.05) is 30.3 Å². The molecular formula is C18H19N3O4. The van der Waals surface area contributed by atoms with E-state index >= 15 is 0 Å². The second kappa shape index (κ2) is 9.07. The van der Waals surface area contributed by atoms with Gasteiger partial charge < -0.3 is 20.7 Å². The molecule has 7 heteroatoms. The molecule has 0 heterocycles. The van der Waals surface area contributed by atoms with Crippen molar-refractivity contribution in [1.82, 2.24) is 5.32 Å². The predicted octanol–water partition coefficient (Wildman–Crippen LogP) is 2.62. The van der Waals surface area contributed by atoms with Crippen molar-refractivity contribution in [3.05, 3.63) is 60.2 Å². The SMILES string of the molecule is CCOC(=O)c1ccccc1NC(=O)CNC(=O)Nc1ccccc1. The minimum absolute atomic E-state index is 0.238. The summed E-state index contributed by atoms with van der Waals surface area (Å²) in [4.78, 5) is 35.6. The molecule has 3 N–H and O–H groups in total. The number of rotatable bonds is 6. The zero-order valence-corrected chi connectivity index (χ0v) is 13.7. The van der Waals surface area contributed by atoms with E-state index in [4.69, 9.17) is 4.74 Å². The fourth-order valence-corrected chi connectivity index (χ4v) is 2.03. The summed E-state index contributed by atoms with van der Waals surface area (Å²) in [5, 5.41) is 7.64.